The predicted molar refractivity (Wildman–Crippen MR) is 135 cm³/mol. The molecule has 1 aliphatic rings. The van der Waals surface area contributed by atoms with Gasteiger partial charge < -0.3 is 19.9 Å². The van der Waals surface area contributed by atoms with Crippen LogP contribution < -0.4 is 10.2 Å². The van der Waals surface area contributed by atoms with Gasteiger partial charge in [-0.3, -0.25) is 4.79 Å². The van der Waals surface area contributed by atoms with E-state index in [0.29, 0.717) is 18.9 Å². The van der Waals surface area contributed by atoms with Crippen LogP contribution in [-0.4, -0.2) is 61.8 Å². The van der Waals surface area contributed by atoms with Crippen molar-refractivity contribution in [3.8, 4) is 11.3 Å². The van der Waals surface area contributed by atoms with Crippen molar-refractivity contribution in [3.05, 3.63) is 66.0 Å². The van der Waals surface area contributed by atoms with Crippen LogP contribution in [0.25, 0.3) is 22.3 Å². The van der Waals surface area contributed by atoms with Gasteiger partial charge in [-0.05, 0) is 48.9 Å². The van der Waals surface area contributed by atoms with Gasteiger partial charge in [-0.25, -0.2) is 18.4 Å². The molecule has 0 radical (unpaired) electrons. The zero-order valence-electron chi connectivity index (χ0n) is 19.4. The first kappa shape index (κ1) is 23.0. The fourth-order valence-corrected chi connectivity index (χ4v) is 4.78. The molecule has 1 amide bonds. The van der Waals surface area contributed by atoms with E-state index in [9.17, 15) is 13.2 Å². The number of aryl methyl sites for hydroxylation is 1. The number of H-pyrrole nitrogens is 1. The number of hydrogen-bond donors (Lipinski definition) is 2. The van der Waals surface area contributed by atoms with Gasteiger partial charge in [0.1, 0.15) is 5.52 Å². The van der Waals surface area contributed by atoms with Crippen molar-refractivity contribution in [1.82, 2.24) is 15.0 Å². The van der Waals surface area contributed by atoms with Crippen LogP contribution in [0.2, 0.25) is 0 Å². The lowest BCUT2D eigenvalue weighted by Gasteiger charge is -2.28. The Balaban J connectivity index is 1.49. The molecule has 3 heterocycles. The van der Waals surface area contributed by atoms with E-state index in [2.05, 4.69) is 20.2 Å². The Hall–Kier alpha value is -3.76. The molecule has 2 N–H and O–H groups in total. The normalized spacial score (nSPS) is 14.3. The summed E-state index contributed by atoms with van der Waals surface area (Å²) < 4.78 is 29.2. The molecule has 180 valence electrons. The number of imidazole rings is 1. The molecular formula is C25H25N5O4S. The summed E-state index contributed by atoms with van der Waals surface area (Å²) in [6.45, 7) is 4.74. The van der Waals surface area contributed by atoms with Gasteiger partial charge in [0.15, 0.2) is 15.7 Å². The van der Waals surface area contributed by atoms with E-state index in [1.165, 1.54) is 12.1 Å². The molecule has 0 saturated carbocycles. The van der Waals surface area contributed by atoms with Crippen molar-refractivity contribution < 1.29 is 17.9 Å². The number of pyridine rings is 1. The van der Waals surface area contributed by atoms with Gasteiger partial charge in [0.25, 0.3) is 5.91 Å². The summed E-state index contributed by atoms with van der Waals surface area (Å²) in [7, 11) is -3.41. The number of ether oxygens (including phenoxy) is 1. The average Bonchev–Trinajstić information content (AvgIpc) is 3.33. The van der Waals surface area contributed by atoms with Gasteiger partial charge in [0, 0.05) is 36.2 Å². The Morgan fingerprint density at radius 2 is 1.91 bits per heavy atom. The van der Waals surface area contributed by atoms with Crippen molar-refractivity contribution in [2.24, 2.45) is 0 Å². The molecule has 0 unspecified atom stereocenters. The fraction of sp³-hybridized carbons (Fsp3) is 0.240. The first-order valence-electron chi connectivity index (χ1n) is 11.2. The summed E-state index contributed by atoms with van der Waals surface area (Å²) in [6, 6.07) is 13.6. The molecule has 0 atom stereocenters. The number of carbonyl (C=O) groups is 1. The van der Waals surface area contributed by atoms with E-state index < -0.39 is 15.7 Å². The first-order valence-corrected chi connectivity index (χ1v) is 13.1. The maximum atomic E-state index is 12.9. The van der Waals surface area contributed by atoms with Crippen molar-refractivity contribution in [2.45, 2.75) is 11.8 Å². The molecule has 2 aromatic heterocycles. The smallest absolute Gasteiger partial charge is 0.255 e. The van der Waals surface area contributed by atoms with Crippen molar-refractivity contribution in [1.29, 1.82) is 0 Å². The quantitative estimate of drug-likeness (QED) is 0.439. The molecule has 10 heteroatoms. The van der Waals surface area contributed by atoms with Gasteiger partial charge >= 0.3 is 0 Å². The van der Waals surface area contributed by atoms with Crippen LogP contribution in [0.15, 0.2) is 59.8 Å². The molecule has 4 aromatic rings. The van der Waals surface area contributed by atoms with Crippen molar-refractivity contribution in [2.75, 3.05) is 42.8 Å². The number of morpholine rings is 1. The van der Waals surface area contributed by atoms with Gasteiger partial charge in [-0.15, -0.1) is 0 Å². The second kappa shape index (κ2) is 9.12. The predicted octanol–water partition coefficient (Wildman–Crippen LogP) is 3.43. The third-order valence-corrected chi connectivity index (χ3v) is 7.10. The first-order chi connectivity index (χ1) is 16.8. The van der Waals surface area contributed by atoms with E-state index in [4.69, 9.17) is 9.72 Å². The number of aromatic amines is 1. The Bertz CT molecular complexity index is 1520. The minimum Gasteiger partial charge on any atom is -0.378 e. The van der Waals surface area contributed by atoms with Crippen molar-refractivity contribution in [3.63, 3.8) is 0 Å². The fourth-order valence-electron chi connectivity index (χ4n) is 4.11. The molecule has 0 bridgehead atoms. The van der Waals surface area contributed by atoms with E-state index in [-0.39, 0.29) is 10.5 Å². The highest BCUT2D eigenvalue weighted by Gasteiger charge is 2.20. The highest BCUT2D eigenvalue weighted by Crippen LogP contribution is 2.32. The highest BCUT2D eigenvalue weighted by atomic mass is 32.2. The summed E-state index contributed by atoms with van der Waals surface area (Å²) in [5.41, 5.74) is 5.17. The molecule has 2 aromatic carbocycles. The summed E-state index contributed by atoms with van der Waals surface area (Å²) >= 11 is 0. The second-order valence-electron chi connectivity index (χ2n) is 8.51. The Labute approximate surface area is 203 Å². The Morgan fingerprint density at radius 3 is 2.69 bits per heavy atom. The monoisotopic (exact) mass is 491 g/mol. The zero-order valence-corrected chi connectivity index (χ0v) is 20.2. The molecule has 35 heavy (non-hydrogen) atoms. The number of anilines is 2. The van der Waals surface area contributed by atoms with Crippen LogP contribution >= 0.6 is 0 Å². The summed E-state index contributed by atoms with van der Waals surface area (Å²) in [4.78, 5) is 27.8. The van der Waals surface area contributed by atoms with Crippen LogP contribution in [0.1, 0.15) is 15.9 Å². The highest BCUT2D eigenvalue weighted by molar-refractivity contribution is 7.90. The van der Waals surface area contributed by atoms with Crippen LogP contribution in [0, 0.1) is 6.92 Å². The Morgan fingerprint density at radius 1 is 1.11 bits per heavy atom. The molecule has 1 fully saturated rings. The molecular weight excluding hydrogens is 466 g/mol. The minimum atomic E-state index is -3.41. The summed E-state index contributed by atoms with van der Waals surface area (Å²) in [5, 5.41) is 2.88. The molecule has 1 aliphatic heterocycles. The van der Waals surface area contributed by atoms with E-state index in [0.717, 1.165) is 53.0 Å². The number of nitrogens with zero attached hydrogens (tertiary/aromatic N) is 3. The van der Waals surface area contributed by atoms with Gasteiger partial charge in [0.05, 0.1) is 35.6 Å². The van der Waals surface area contributed by atoms with E-state index in [1.807, 2.05) is 31.2 Å². The Kier molecular flexibility index (Phi) is 6.00. The topological polar surface area (TPSA) is 117 Å². The zero-order chi connectivity index (χ0) is 24.6. The third kappa shape index (κ3) is 4.75. The van der Waals surface area contributed by atoms with Gasteiger partial charge in [0.2, 0.25) is 0 Å². The maximum absolute atomic E-state index is 12.9. The lowest BCUT2D eigenvalue weighted by molar-refractivity contribution is 0.102. The number of hydrogen-bond acceptors (Lipinski definition) is 7. The number of sulfone groups is 1. The molecule has 1 saturated heterocycles. The number of amides is 1. The van der Waals surface area contributed by atoms with E-state index in [1.54, 1.807) is 18.5 Å². The lowest BCUT2D eigenvalue weighted by atomic mass is 10.0. The molecule has 5 rings (SSSR count). The largest absolute Gasteiger partial charge is 0.378 e. The summed E-state index contributed by atoms with van der Waals surface area (Å²) in [6.07, 6.45) is 2.78. The van der Waals surface area contributed by atoms with Crippen LogP contribution in [0.3, 0.4) is 0 Å². The van der Waals surface area contributed by atoms with E-state index >= 15 is 0 Å². The molecule has 0 aliphatic carbocycles. The van der Waals surface area contributed by atoms with Crippen molar-refractivity contribution >= 4 is 38.3 Å². The number of nitrogens with one attached hydrogen (secondary N) is 2. The third-order valence-electron chi connectivity index (χ3n) is 5.99. The number of rotatable bonds is 5. The number of aromatic nitrogens is 3. The second-order valence-corrected chi connectivity index (χ2v) is 10.5. The standard InChI is InChI=1S/C25H25N5O4S/c1-16-6-7-18(28-25(31)17-4-3-5-19(12-17)35(2,32)33)13-20(16)21-14-22-23(27-15-26-22)24(29-21)30-8-10-34-11-9-30/h3-7,12-15H,8-11H2,1-2H3,(H,26,27)(H,28,31). The molecule has 9 nitrogen and oxygen atoms in total. The lowest BCUT2D eigenvalue weighted by Crippen LogP contribution is -2.37. The van der Waals surface area contributed by atoms with Crippen LogP contribution in [0.5, 0.6) is 0 Å². The average molecular weight is 492 g/mol. The van der Waals surface area contributed by atoms with Gasteiger partial charge in [-0.1, -0.05) is 12.1 Å². The van der Waals surface area contributed by atoms with Crippen LogP contribution in [0.4, 0.5) is 11.5 Å². The van der Waals surface area contributed by atoms with Gasteiger partial charge in [-0.2, -0.15) is 0 Å². The minimum absolute atomic E-state index is 0.0995. The SMILES string of the molecule is Cc1ccc(NC(=O)c2cccc(S(C)(=O)=O)c2)cc1-c1cc2[nH]cnc2c(N2CCOCC2)n1. The van der Waals surface area contributed by atoms with Crippen LogP contribution in [-0.2, 0) is 14.6 Å². The number of fused-ring (bicyclic) bond motifs is 1. The number of carbonyl (C=O) groups excluding carboxylic acids is 1. The molecule has 0 spiro atoms. The number of benzene rings is 2. The summed E-state index contributed by atoms with van der Waals surface area (Å²) in [5.74, 6) is 0.407. The maximum Gasteiger partial charge on any atom is 0.255 e.